The van der Waals surface area contributed by atoms with Crippen molar-refractivity contribution in [2.45, 2.75) is 32.7 Å². The zero-order chi connectivity index (χ0) is 23.7. The summed E-state index contributed by atoms with van der Waals surface area (Å²) in [6.07, 6.45) is 0.429. The fraction of sp³-hybridized carbons (Fsp3) is 0.286. The first-order valence-corrected chi connectivity index (χ1v) is 11.6. The molecule has 1 aliphatic rings. The largest absolute Gasteiger partial charge is 0.497 e. The number of anilines is 1. The molecule has 0 radical (unpaired) electrons. The third-order valence-electron chi connectivity index (χ3n) is 6.44. The monoisotopic (exact) mass is 455 g/mol. The first-order valence-electron chi connectivity index (χ1n) is 11.6. The summed E-state index contributed by atoms with van der Waals surface area (Å²) in [5.41, 5.74) is 5.21. The summed E-state index contributed by atoms with van der Waals surface area (Å²) in [7, 11) is 1.64. The van der Waals surface area contributed by atoms with Gasteiger partial charge in [0.25, 0.3) is 0 Å². The van der Waals surface area contributed by atoms with E-state index in [0.29, 0.717) is 26.1 Å². The van der Waals surface area contributed by atoms with Gasteiger partial charge in [0, 0.05) is 30.6 Å². The molecular weight excluding hydrogens is 426 g/mol. The zero-order valence-electron chi connectivity index (χ0n) is 19.8. The number of nitrogens with zero attached hydrogens (tertiary/aromatic N) is 3. The Morgan fingerprint density at radius 2 is 1.88 bits per heavy atom. The Morgan fingerprint density at radius 3 is 2.71 bits per heavy atom. The van der Waals surface area contributed by atoms with Crippen LogP contribution in [0, 0.1) is 13.8 Å². The minimum atomic E-state index is 0.00668. The molecule has 6 heteroatoms. The van der Waals surface area contributed by atoms with Crippen LogP contribution in [0.15, 0.2) is 66.7 Å². The highest BCUT2D eigenvalue weighted by atomic mass is 16.5. The first-order chi connectivity index (χ1) is 16.5. The summed E-state index contributed by atoms with van der Waals surface area (Å²) >= 11 is 0. The first kappa shape index (κ1) is 22.0. The molecule has 1 fully saturated rings. The van der Waals surface area contributed by atoms with Crippen molar-refractivity contribution in [1.29, 1.82) is 0 Å². The van der Waals surface area contributed by atoms with Crippen LogP contribution in [-0.4, -0.2) is 35.7 Å². The molecule has 4 aromatic rings. The van der Waals surface area contributed by atoms with Crippen molar-refractivity contribution in [3.63, 3.8) is 0 Å². The molecule has 0 N–H and O–H groups in total. The van der Waals surface area contributed by atoms with Gasteiger partial charge in [-0.1, -0.05) is 35.9 Å². The Balaban J connectivity index is 1.40. The van der Waals surface area contributed by atoms with E-state index in [0.717, 1.165) is 39.6 Å². The Bertz CT molecular complexity index is 1340. The van der Waals surface area contributed by atoms with Gasteiger partial charge in [-0.2, -0.15) is 0 Å². The van der Waals surface area contributed by atoms with Gasteiger partial charge in [-0.05, 0) is 49.7 Å². The maximum atomic E-state index is 13.0. The van der Waals surface area contributed by atoms with Gasteiger partial charge in [-0.15, -0.1) is 0 Å². The maximum absolute atomic E-state index is 13.0. The van der Waals surface area contributed by atoms with Crippen LogP contribution in [0.5, 0.6) is 11.5 Å². The van der Waals surface area contributed by atoms with Crippen LogP contribution in [0.25, 0.3) is 11.0 Å². The number of rotatable bonds is 7. The highest BCUT2D eigenvalue weighted by Crippen LogP contribution is 2.34. The molecule has 1 amide bonds. The molecular formula is C28H29N3O3. The van der Waals surface area contributed by atoms with Crippen LogP contribution in [0.3, 0.4) is 0 Å². The number of carbonyl (C=O) groups is 1. The van der Waals surface area contributed by atoms with Gasteiger partial charge in [0.15, 0.2) is 0 Å². The number of carbonyl (C=O) groups excluding carboxylic acids is 1. The molecule has 34 heavy (non-hydrogen) atoms. The van der Waals surface area contributed by atoms with E-state index < -0.39 is 0 Å². The molecule has 0 spiro atoms. The normalized spacial score (nSPS) is 15.8. The van der Waals surface area contributed by atoms with E-state index in [1.807, 2.05) is 53.4 Å². The molecule has 0 bridgehead atoms. The minimum absolute atomic E-state index is 0.00668. The molecule has 0 unspecified atom stereocenters. The van der Waals surface area contributed by atoms with E-state index in [1.54, 1.807) is 7.11 Å². The molecule has 174 valence electrons. The third-order valence-corrected chi connectivity index (χ3v) is 6.44. The molecule has 1 saturated heterocycles. The Labute approximate surface area is 199 Å². The zero-order valence-corrected chi connectivity index (χ0v) is 19.8. The van der Waals surface area contributed by atoms with Crippen LogP contribution in [-0.2, 0) is 11.3 Å². The van der Waals surface area contributed by atoms with Crippen LogP contribution < -0.4 is 14.4 Å². The number of hydrogen-bond donors (Lipinski definition) is 0. The highest BCUT2D eigenvalue weighted by molar-refractivity contribution is 5.96. The standard InChI is InChI=1S/C28H29N3O3/c1-19-11-12-26(20(2)15-19)34-14-13-30-25-10-5-4-9-24(25)29-28(30)21-16-27(32)31(18-21)22-7-6-8-23(17-22)33-3/h4-12,15,17,21H,13-14,16,18H2,1-3H3/t21-/m1/s1. The van der Waals surface area contributed by atoms with E-state index in [9.17, 15) is 4.79 Å². The second-order valence-corrected chi connectivity index (χ2v) is 8.83. The number of para-hydroxylation sites is 2. The number of fused-ring (bicyclic) bond motifs is 1. The fourth-order valence-electron chi connectivity index (χ4n) is 4.76. The molecule has 3 aromatic carbocycles. The molecule has 5 rings (SSSR count). The molecule has 6 nitrogen and oxygen atoms in total. The number of imidazole rings is 1. The van der Waals surface area contributed by atoms with Crippen LogP contribution in [0.1, 0.15) is 29.3 Å². The van der Waals surface area contributed by atoms with E-state index >= 15 is 0 Å². The van der Waals surface area contributed by atoms with Gasteiger partial charge >= 0.3 is 0 Å². The average molecular weight is 456 g/mol. The lowest BCUT2D eigenvalue weighted by atomic mass is 10.1. The van der Waals surface area contributed by atoms with Gasteiger partial charge in [-0.3, -0.25) is 4.79 Å². The maximum Gasteiger partial charge on any atom is 0.227 e. The van der Waals surface area contributed by atoms with Gasteiger partial charge < -0.3 is 18.9 Å². The molecule has 0 saturated carbocycles. The van der Waals surface area contributed by atoms with E-state index in [1.165, 1.54) is 5.56 Å². The predicted octanol–water partition coefficient (Wildman–Crippen LogP) is 5.26. The number of benzene rings is 3. The van der Waals surface area contributed by atoms with Crippen LogP contribution in [0.2, 0.25) is 0 Å². The lowest BCUT2D eigenvalue weighted by Gasteiger charge is -2.18. The van der Waals surface area contributed by atoms with Gasteiger partial charge in [0.1, 0.15) is 23.9 Å². The van der Waals surface area contributed by atoms with Gasteiger partial charge in [0.2, 0.25) is 5.91 Å². The molecule has 2 heterocycles. The van der Waals surface area contributed by atoms with Crippen molar-refractivity contribution in [1.82, 2.24) is 9.55 Å². The Hall–Kier alpha value is -3.80. The van der Waals surface area contributed by atoms with Crippen molar-refractivity contribution in [3.05, 3.63) is 83.7 Å². The molecule has 0 aliphatic carbocycles. The van der Waals surface area contributed by atoms with E-state index in [-0.39, 0.29) is 11.8 Å². The van der Waals surface area contributed by atoms with E-state index in [2.05, 4.69) is 36.6 Å². The van der Waals surface area contributed by atoms with Gasteiger partial charge in [-0.25, -0.2) is 4.98 Å². The number of amides is 1. The van der Waals surface area contributed by atoms with Gasteiger partial charge in [0.05, 0.1) is 24.7 Å². The van der Waals surface area contributed by atoms with Crippen molar-refractivity contribution >= 4 is 22.6 Å². The second kappa shape index (κ2) is 9.21. The molecule has 1 atom stereocenters. The number of ether oxygens (including phenoxy) is 2. The number of aromatic nitrogens is 2. The van der Waals surface area contributed by atoms with Crippen molar-refractivity contribution in [2.24, 2.45) is 0 Å². The highest BCUT2D eigenvalue weighted by Gasteiger charge is 2.35. The molecule has 1 aliphatic heterocycles. The number of aryl methyl sites for hydroxylation is 2. The number of methoxy groups -OCH3 is 1. The Kier molecular flexibility index (Phi) is 5.97. The smallest absolute Gasteiger partial charge is 0.227 e. The fourth-order valence-corrected chi connectivity index (χ4v) is 4.76. The summed E-state index contributed by atoms with van der Waals surface area (Å²) in [6.45, 7) is 5.92. The molecule has 1 aromatic heterocycles. The topological polar surface area (TPSA) is 56.6 Å². The SMILES string of the molecule is COc1cccc(N2C[C@H](c3nc4ccccc4n3CCOc3ccc(C)cc3C)CC2=O)c1. The third kappa shape index (κ3) is 4.23. The van der Waals surface area contributed by atoms with Crippen molar-refractivity contribution in [2.75, 3.05) is 25.2 Å². The predicted molar refractivity (Wildman–Crippen MR) is 134 cm³/mol. The lowest BCUT2D eigenvalue weighted by Crippen LogP contribution is -2.24. The van der Waals surface area contributed by atoms with Crippen molar-refractivity contribution < 1.29 is 14.3 Å². The summed E-state index contributed by atoms with van der Waals surface area (Å²) in [6, 6.07) is 22.0. The summed E-state index contributed by atoms with van der Waals surface area (Å²) in [5, 5.41) is 0. The van der Waals surface area contributed by atoms with Crippen molar-refractivity contribution in [3.8, 4) is 11.5 Å². The van der Waals surface area contributed by atoms with Crippen LogP contribution >= 0.6 is 0 Å². The van der Waals surface area contributed by atoms with E-state index in [4.69, 9.17) is 14.5 Å². The quantitative estimate of drug-likeness (QED) is 0.381. The minimum Gasteiger partial charge on any atom is -0.497 e. The summed E-state index contributed by atoms with van der Waals surface area (Å²) < 4.78 is 13.7. The Morgan fingerprint density at radius 1 is 1.03 bits per heavy atom. The summed E-state index contributed by atoms with van der Waals surface area (Å²) in [4.78, 5) is 19.8. The lowest BCUT2D eigenvalue weighted by molar-refractivity contribution is -0.117. The summed E-state index contributed by atoms with van der Waals surface area (Å²) in [5.74, 6) is 2.68. The average Bonchev–Trinajstić information content (AvgIpc) is 3.41. The number of hydrogen-bond acceptors (Lipinski definition) is 4. The van der Waals surface area contributed by atoms with Crippen LogP contribution in [0.4, 0.5) is 5.69 Å². The second-order valence-electron chi connectivity index (χ2n) is 8.83.